The van der Waals surface area contributed by atoms with E-state index >= 15 is 0 Å². The first-order valence-electron chi connectivity index (χ1n) is 7.98. The molecule has 0 bridgehead atoms. The van der Waals surface area contributed by atoms with Crippen molar-refractivity contribution < 1.29 is 18.7 Å². The van der Waals surface area contributed by atoms with Crippen molar-refractivity contribution in [2.75, 3.05) is 7.11 Å². The Morgan fingerprint density at radius 3 is 2.62 bits per heavy atom. The predicted molar refractivity (Wildman–Crippen MR) is 98.9 cm³/mol. The van der Waals surface area contributed by atoms with Crippen LogP contribution in [-0.2, 0) is 9.53 Å². The molecular formula is C19H18N2O4S. The maximum Gasteiger partial charge on any atom is 0.331 e. The number of aryl methyl sites for hydroxylation is 1. The Bertz CT molecular complexity index is 912. The van der Waals surface area contributed by atoms with Gasteiger partial charge >= 0.3 is 5.97 Å². The van der Waals surface area contributed by atoms with Crippen LogP contribution < -0.4 is 4.74 Å². The zero-order valence-corrected chi connectivity index (χ0v) is 15.4. The summed E-state index contributed by atoms with van der Waals surface area (Å²) in [6.07, 6.45) is 2.47. The van der Waals surface area contributed by atoms with Gasteiger partial charge in [0.2, 0.25) is 5.89 Å². The molecule has 0 N–H and O–H groups in total. The van der Waals surface area contributed by atoms with Crippen LogP contribution in [-0.4, -0.2) is 23.3 Å². The van der Waals surface area contributed by atoms with Gasteiger partial charge in [-0.05, 0) is 56.3 Å². The second-order valence-electron chi connectivity index (χ2n) is 5.53. The highest BCUT2D eigenvalue weighted by molar-refractivity contribution is 7.12. The number of hydrogen-bond donors (Lipinski definition) is 0. The van der Waals surface area contributed by atoms with Gasteiger partial charge in [0.1, 0.15) is 5.75 Å². The van der Waals surface area contributed by atoms with Crippen LogP contribution in [0.25, 0.3) is 17.5 Å². The standard InChI is InChI=1S/C19H18N2O4S/c1-12-4-9-16(26-12)10-11-17(22)24-13(2)18-20-21-19(25-18)14-5-7-15(23-3)8-6-14/h4-11,13H,1-3H3/b11-10+/t13-/m0/s1. The highest BCUT2D eigenvalue weighted by Gasteiger charge is 2.18. The number of carbonyl (C=O) groups is 1. The highest BCUT2D eigenvalue weighted by Crippen LogP contribution is 2.24. The lowest BCUT2D eigenvalue weighted by molar-refractivity contribution is -0.143. The van der Waals surface area contributed by atoms with Crippen LogP contribution >= 0.6 is 11.3 Å². The van der Waals surface area contributed by atoms with E-state index in [1.165, 1.54) is 11.0 Å². The molecule has 0 aliphatic heterocycles. The number of carbonyl (C=O) groups excluding carboxylic acids is 1. The van der Waals surface area contributed by atoms with Crippen molar-refractivity contribution in [3.8, 4) is 17.2 Å². The van der Waals surface area contributed by atoms with Gasteiger partial charge in [0.15, 0.2) is 6.10 Å². The van der Waals surface area contributed by atoms with Crippen molar-refractivity contribution in [2.45, 2.75) is 20.0 Å². The minimum Gasteiger partial charge on any atom is -0.497 e. The third-order valence-electron chi connectivity index (χ3n) is 3.56. The average Bonchev–Trinajstić information content (AvgIpc) is 3.29. The zero-order valence-electron chi connectivity index (χ0n) is 14.6. The minimum atomic E-state index is -0.642. The number of rotatable bonds is 6. The van der Waals surface area contributed by atoms with E-state index in [4.69, 9.17) is 13.9 Å². The number of hydrogen-bond acceptors (Lipinski definition) is 7. The third-order valence-corrected chi connectivity index (χ3v) is 4.53. The SMILES string of the molecule is COc1ccc(-c2nnc([C@H](C)OC(=O)/C=C/c3ccc(C)s3)o2)cc1. The molecule has 6 nitrogen and oxygen atoms in total. The van der Waals surface area contributed by atoms with Gasteiger partial charge in [-0.15, -0.1) is 21.5 Å². The smallest absolute Gasteiger partial charge is 0.331 e. The Hall–Kier alpha value is -2.93. The van der Waals surface area contributed by atoms with Crippen molar-refractivity contribution in [1.29, 1.82) is 0 Å². The first kappa shape index (κ1) is 17.9. The van der Waals surface area contributed by atoms with Crippen molar-refractivity contribution >= 4 is 23.4 Å². The number of thiophene rings is 1. The number of methoxy groups -OCH3 is 1. The monoisotopic (exact) mass is 370 g/mol. The molecule has 0 radical (unpaired) electrons. The van der Waals surface area contributed by atoms with E-state index in [9.17, 15) is 4.79 Å². The van der Waals surface area contributed by atoms with Gasteiger partial charge in [-0.2, -0.15) is 0 Å². The fraction of sp³-hybridized carbons (Fsp3) is 0.211. The van der Waals surface area contributed by atoms with Gasteiger partial charge in [-0.25, -0.2) is 4.79 Å². The summed E-state index contributed by atoms with van der Waals surface area (Å²) in [6.45, 7) is 3.70. The molecular weight excluding hydrogens is 352 g/mol. The quantitative estimate of drug-likeness (QED) is 0.472. The van der Waals surface area contributed by atoms with E-state index in [1.54, 1.807) is 43.6 Å². The Morgan fingerprint density at radius 2 is 1.96 bits per heavy atom. The van der Waals surface area contributed by atoms with Gasteiger partial charge in [-0.1, -0.05) is 0 Å². The Balaban J connectivity index is 1.62. The molecule has 7 heteroatoms. The summed E-state index contributed by atoms with van der Waals surface area (Å²) < 4.78 is 16.0. The van der Waals surface area contributed by atoms with Crippen LogP contribution in [0, 0.1) is 6.92 Å². The largest absolute Gasteiger partial charge is 0.497 e. The molecule has 2 aromatic heterocycles. The summed E-state index contributed by atoms with van der Waals surface area (Å²) in [4.78, 5) is 14.1. The lowest BCUT2D eigenvalue weighted by Crippen LogP contribution is -2.06. The minimum absolute atomic E-state index is 0.240. The fourth-order valence-corrected chi connectivity index (χ4v) is 2.99. The Kier molecular flexibility index (Phi) is 5.48. The Labute approximate surface area is 155 Å². The Morgan fingerprint density at radius 1 is 1.19 bits per heavy atom. The first-order valence-corrected chi connectivity index (χ1v) is 8.80. The maximum absolute atomic E-state index is 11.9. The number of nitrogens with zero attached hydrogens (tertiary/aromatic N) is 2. The molecule has 0 fully saturated rings. The van der Waals surface area contributed by atoms with Crippen LogP contribution in [0.15, 0.2) is 46.9 Å². The zero-order chi connectivity index (χ0) is 18.5. The molecule has 134 valence electrons. The van der Waals surface area contributed by atoms with E-state index in [1.807, 2.05) is 31.2 Å². The maximum atomic E-state index is 11.9. The van der Waals surface area contributed by atoms with Gasteiger partial charge in [0.05, 0.1) is 7.11 Å². The van der Waals surface area contributed by atoms with E-state index in [-0.39, 0.29) is 5.89 Å². The predicted octanol–water partition coefficient (Wildman–Crippen LogP) is 4.43. The van der Waals surface area contributed by atoms with E-state index in [2.05, 4.69) is 10.2 Å². The van der Waals surface area contributed by atoms with Gasteiger partial charge in [0.25, 0.3) is 5.89 Å². The molecule has 0 spiro atoms. The molecule has 2 heterocycles. The van der Waals surface area contributed by atoms with Crippen LogP contribution in [0.1, 0.15) is 28.7 Å². The second kappa shape index (κ2) is 7.97. The summed E-state index contributed by atoms with van der Waals surface area (Å²) in [7, 11) is 1.60. The molecule has 1 atom stereocenters. The fourth-order valence-electron chi connectivity index (χ4n) is 2.21. The van der Waals surface area contributed by atoms with E-state index in [0.29, 0.717) is 5.89 Å². The van der Waals surface area contributed by atoms with Crippen LogP contribution in [0.5, 0.6) is 5.75 Å². The summed E-state index contributed by atoms with van der Waals surface area (Å²) >= 11 is 1.60. The van der Waals surface area contributed by atoms with E-state index in [0.717, 1.165) is 16.2 Å². The number of ether oxygens (including phenoxy) is 2. The van der Waals surface area contributed by atoms with Crippen molar-refractivity contribution in [2.24, 2.45) is 0 Å². The highest BCUT2D eigenvalue weighted by atomic mass is 32.1. The summed E-state index contributed by atoms with van der Waals surface area (Å²) in [6, 6.07) is 11.2. The third kappa shape index (κ3) is 4.37. The van der Waals surface area contributed by atoms with Gasteiger partial charge < -0.3 is 13.9 Å². The summed E-state index contributed by atoms with van der Waals surface area (Å²) in [5.74, 6) is 0.871. The van der Waals surface area contributed by atoms with Crippen LogP contribution in [0.4, 0.5) is 0 Å². The number of benzene rings is 1. The van der Waals surface area contributed by atoms with Gasteiger partial charge in [0, 0.05) is 21.4 Å². The molecule has 0 unspecified atom stereocenters. The normalized spacial score (nSPS) is 12.3. The number of esters is 1. The van der Waals surface area contributed by atoms with Crippen LogP contribution in [0.2, 0.25) is 0 Å². The topological polar surface area (TPSA) is 74.5 Å². The van der Waals surface area contributed by atoms with Gasteiger partial charge in [-0.3, -0.25) is 0 Å². The molecule has 0 amide bonds. The summed E-state index contributed by atoms with van der Waals surface area (Å²) in [5.41, 5.74) is 0.760. The average molecular weight is 370 g/mol. The lowest BCUT2D eigenvalue weighted by Gasteiger charge is -2.06. The molecule has 0 aliphatic carbocycles. The molecule has 1 aromatic carbocycles. The first-order chi connectivity index (χ1) is 12.5. The van der Waals surface area contributed by atoms with Crippen molar-refractivity contribution in [1.82, 2.24) is 10.2 Å². The molecule has 0 saturated heterocycles. The molecule has 0 saturated carbocycles. The summed E-state index contributed by atoms with van der Waals surface area (Å²) in [5, 5.41) is 7.96. The van der Waals surface area contributed by atoms with Crippen LogP contribution in [0.3, 0.4) is 0 Å². The molecule has 0 aliphatic rings. The van der Waals surface area contributed by atoms with Crippen molar-refractivity contribution in [3.63, 3.8) is 0 Å². The van der Waals surface area contributed by atoms with E-state index < -0.39 is 12.1 Å². The number of aromatic nitrogens is 2. The molecule has 3 aromatic rings. The lowest BCUT2D eigenvalue weighted by atomic mass is 10.2. The second-order valence-corrected chi connectivity index (χ2v) is 6.85. The molecule has 3 rings (SSSR count). The van der Waals surface area contributed by atoms with Crippen molar-refractivity contribution in [3.05, 3.63) is 58.1 Å². The molecule has 26 heavy (non-hydrogen) atoms.